The van der Waals surface area contributed by atoms with Gasteiger partial charge in [-0.1, -0.05) is 48.5 Å². The molecule has 0 saturated carbocycles. The Morgan fingerprint density at radius 2 is 1.00 bits per heavy atom. The summed E-state index contributed by atoms with van der Waals surface area (Å²) in [6, 6.07) is 27.0. The van der Waals surface area contributed by atoms with E-state index in [1.807, 2.05) is 72.8 Å². The molecule has 0 fully saturated rings. The van der Waals surface area contributed by atoms with Gasteiger partial charge in [0.1, 0.15) is 30.3 Å². The third kappa shape index (κ3) is 2.50. The van der Waals surface area contributed by atoms with Crippen LogP contribution in [0.3, 0.4) is 0 Å². The first kappa shape index (κ1) is 20.5. The highest BCUT2D eigenvalue weighted by molar-refractivity contribution is 6.39. The minimum absolute atomic E-state index is 0.0208. The summed E-state index contributed by atoms with van der Waals surface area (Å²) in [5.41, 5.74) is 0.459. The van der Waals surface area contributed by atoms with Gasteiger partial charge in [0, 0.05) is 21.5 Å². The van der Waals surface area contributed by atoms with Crippen molar-refractivity contribution in [3.8, 4) is 30.3 Å². The number of fused-ring (bicyclic) bond motifs is 11. The van der Waals surface area contributed by atoms with Gasteiger partial charge >= 0.3 is 0 Å². The van der Waals surface area contributed by atoms with E-state index in [0.29, 0.717) is 27.1 Å². The van der Waals surface area contributed by atoms with Crippen LogP contribution in [0.1, 0.15) is 28.1 Å². The Labute approximate surface area is 203 Å². The fraction of sp³-hybridized carbons (Fsp3) is 0. The SMILES string of the molecule is N#Cc1cc2c3nc(C#N)c(C#N)nc3c3c4ccccc4c4ccccc4c3c2c(C#N)c1C#N. The Morgan fingerprint density at radius 3 is 1.53 bits per heavy atom. The summed E-state index contributed by atoms with van der Waals surface area (Å²) in [5, 5.41) is 54.9. The molecule has 6 aromatic rings. The van der Waals surface area contributed by atoms with E-state index < -0.39 is 0 Å². The molecule has 0 bridgehead atoms. The number of benzene rings is 5. The van der Waals surface area contributed by atoms with Crippen molar-refractivity contribution in [2.75, 3.05) is 0 Å². The highest BCUT2D eigenvalue weighted by Gasteiger charge is 2.24. The van der Waals surface area contributed by atoms with E-state index in [1.165, 1.54) is 6.07 Å². The lowest BCUT2D eigenvalue weighted by atomic mass is 9.86. The summed E-state index contributed by atoms with van der Waals surface area (Å²) in [5.74, 6) is 0. The predicted octanol–water partition coefficient (Wildman–Crippen LogP) is 5.60. The number of hydrogen-bond acceptors (Lipinski definition) is 7. The molecule has 5 aromatic carbocycles. The van der Waals surface area contributed by atoms with Gasteiger partial charge in [-0.15, -0.1) is 0 Å². The summed E-state index contributed by atoms with van der Waals surface area (Å²) in [6.45, 7) is 0. The van der Waals surface area contributed by atoms with Crippen LogP contribution in [0, 0.1) is 56.7 Å². The average molecular weight is 455 g/mol. The average Bonchev–Trinajstić information content (AvgIpc) is 2.94. The standard InChI is InChI=1S/C29H9N7/c30-10-15-9-20-25(22(12-32)21(15)11-31)26-18-7-3-1-5-16(18)17-6-2-4-8-19(17)27(26)29-28(20)35-23(13-33)24(14-34)36-29/h1-9H. The van der Waals surface area contributed by atoms with Crippen LogP contribution < -0.4 is 0 Å². The highest BCUT2D eigenvalue weighted by atomic mass is 14.8. The molecule has 0 saturated heterocycles. The minimum Gasteiger partial charge on any atom is -0.232 e. The van der Waals surface area contributed by atoms with Crippen molar-refractivity contribution in [3.63, 3.8) is 0 Å². The maximum Gasteiger partial charge on any atom is 0.177 e. The Morgan fingerprint density at radius 1 is 0.472 bits per heavy atom. The Balaban J connectivity index is 2.15. The van der Waals surface area contributed by atoms with Crippen LogP contribution in [-0.2, 0) is 0 Å². The van der Waals surface area contributed by atoms with E-state index >= 15 is 0 Å². The molecule has 7 nitrogen and oxygen atoms in total. The van der Waals surface area contributed by atoms with Gasteiger partial charge in [0.05, 0.1) is 27.7 Å². The second-order valence-electron chi connectivity index (χ2n) is 8.11. The largest absolute Gasteiger partial charge is 0.232 e. The first-order chi connectivity index (χ1) is 17.7. The minimum atomic E-state index is -0.155. The van der Waals surface area contributed by atoms with E-state index in [1.54, 1.807) is 0 Å². The van der Waals surface area contributed by atoms with Gasteiger partial charge in [-0.2, -0.15) is 26.3 Å². The summed E-state index contributed by atoms with van der Waals surface area (Å²) < 4.78 is 0. The predicted molar refractivity (Wildman–Crippen MR) is 133 cm³/mol. The molecule has 0 aliphatic heterocycles. The van der Waals surface area contributed by atoms with Crippen molar-refractivity contribution in [2.45, 2.75) is 0 Å². The summed E-state index contributed by atoms with van der Waals surface area (Å²) in [7, 11) is 0. The van der Waals surface area contributed by atoms with Crippen molar-refractivity contribution in [3.05, 3.63) is 82.7 Å². The third-order valence-corrected chi connectivity index (χ3v) is 6.45. The second kappa shape index (κ2) is 7.48. The summed E-state index contributed by atoms with van der Waals surface area (Å²) in [6.07, 6.45) is 0. The molecular weight excluding hydrogens is 446 g/mol. The second-order valence-corrected chi connectivity index (χ2v) is 8.11. The first-order valence-corrected chi connectivity index (χ1v) is 10.7. The fourth-order valence-electron chi connectivity index (χ4n) is 5.05. The van der Waals surface area contributed by atoms with E-state index in [9.17, 15) is 26.3 Å². The van der Waals surface area contributed by atoms with Crippen LogP contribution >= 0.6 is 0 Å². The zero-order chi connectivity index (χ0) is 25.0. The maximum absolute atomic E-state index is 10.2. The van der Waals surface area contributed by atoms with Crippen molar-refractivity contribution in [1.82, 2.24) is 9.97 Å². The monoisotopic (exact) mass is 455 g/mol. The summed E-state index contributed by atoms with van der Waals surface area (Å²) >= 11 is 0. The number of nitrogens with zero attached hydrogens (tertiary/aromatic N) is 7. The van der Waals surface area contributed by atoms with Crippen molar-refractivity contribution < 1.29 is 0 Å². The molecule has 7 heteroatoms. The van der Waals surface area contributed by atoms with E-state index in [-0.39, 0.29) is 33.6 Å². The van der Waals surface area contributed by atoms with Crippen LogP contribution in [-0.4, -0.2) is 9.97 Å². The molecule has 0 unspecified atom stereocenters. The van der Waals surface area contributed by atoms with Gasteiger partial charge in [-0.05, 0) is 27.6 Å². The molecule has 0 amide bonds. The van der Waals surface area contributed by atoms with Crippen molar-refractivity contribution >= 4 is 54.1 Å². The Hall–Kier alpha value is -6.07. The van der Waals surface area contributed by atoms with Gasteiger partial charge in [0.15, 0.2) is 11.4 Å². The van der Waals surface area contributed by atoms with Crippen molar-refractivity contribution in [2.24, 2.45) is 0 Å². The van der Waals surface area contributed by atoms with Gasteiger partial charge in [0.2, 0.25) is 0 Å². The molecule has 6 rings (SSSR count). The van der Waals surface area contributed by atoms with E-state index in [2.05, 4.69) is 16.0 Å². The van der Waals surface area contributed by atoms with Crippen LogP contribution in [0.4, 0.5) is 0 Å². The summed E-state index contributed by atoms with van der Waals surface area (Å²) in [4.78, 5) is 9.06. The lowest BCUT2D eigenvalue weighted by molar-refractivity contribution is 1.21. The molecule has 0 atom stereocenters. The molecule has 36 heavy (non-hydrogen) atoms. The molecule has 0 spiro atoms. The molecular formula is C29H9N7. The zero-order valence-corrected chi connectivity index (χ0v) is 18.3. The Kier molecular flexibility index (Phi) is 4.27. The van der Waals surface area contributed by atoms with Crippen LogP contribution in [0.2, 0.25) is 0 Å². The topological polar surface area (TPSA) is 145 Å². The smallest absolute Gasteiger partial charge is 0.177 e. The lowest BCUT2D eigenvalue weighted by Gasteiger charge is -2.17. The number of hydrogen-bond donors (Lipinski definition) is 0. The molecule has 1 heterocycles. The molecule has 1 aromatic heterocycles. The van der Waals surface area contributed by atoms with Gasteiger partial charge in [-0.3, -0.25) is 0 Å². The lowest BCUT2D eigenvalue weighted by Crippen LogP contribution is -2.01. The Bertz CT molecular complexity index is 2210. The van der Waals surface area contributed by atoms with Crippen molar-refractivity contribution in [1.29, 1.82) is 26.3 Å². The highest BCUT2D eigenvalue weighted by Crippen LogP contribution is 2.44. The van der Waals surface area contributed by atoms with Gasteiger partial charge in [-0.25, -0.2) is 9.97 Å². The van der Waals surface area contributed by atoms with Crippen LogP contribution in [0.15, 0.2) is 54.6 Å². The molecule has 0 radical (unpaired) electrons. The number of aromatic nitrogens is 2. The molecule has 0 N–H and O–H groups in total. The molecule has 0 aliphatic rings. The van der Waals surface area contributed by atoms with E-state index in [0.717, 1.165) is 21.5 Å². The van der Waals surface area contributed by atoms with E-state index in [4.69, 9.17) is 0 Å². The maximum atomic E-state index is 10.2. The zero-order valence-electron chi connectivity index (χ0n) is 18.3. The fourth-order valence-corrected chi connectivity index (χ4v) is 5.05. The normalized spacial score (nSPS) is 10.6. The first-order valence-electron chi connectivity index (χ1n) is 10.7. The van der Waals surface area contributed by atoms with Crippen LogP contribution in [0.25, 0.3) is 54.1 Å². The third-order valence-electron chi connectivity index (χ3n) is 6.45. The van der Waals surface area contributed by atoms with Crippen LogP contribution in [0.5, 0.6) is 0 Å². The quantitative estimate of drug-likeness (QED) is 0.271. The molecule has 160 valence electrons. The number of rotatable bonds is 0. The number of nitriles is 5. The molecule has 0 aliphatic carbocycles. The van der Waals surface area contributed by atoms with Gasteiger partial charge < -0.3 is 0 Å². The van der Waals surface area contributed by atoms with Gasteiger partial charge in [0.25, 0.3) is 0 Å².